The van der Waals surface area contributed by atoms with Crippen LogP contribution in [0, 0.1) is 5.92 Å². The summed E-state index contributed by atoms with van der Waals surface area (Å²) in [5, 5.41) is 3.03. The Labute approximate surface area is 120 Å². The van der Waals surface area contributed by atoms with E-state index in [-0.39, 0.29) is 11.8 Å². The van der Waals surface area contributed by atoms with Crippen LogP contribution in [-0.4, -0.2) is 5.91 Å². The predicted molar refractivity (Wildman–Crippen MR) is 82.2 cm³/mol. The van der Waals surface area contributed by atoms with Gasteiger partial charge in [0.15, 0.2) is 0 Å². The Balaban J connectivity index is 1.89. The third-order valence-electron chi connectivity index (χ3n) is 3.50. The van der Waals surface area contributed by atoms with Crippen LogP contribution in [0.1, 0.15) is 24.5 Å². The Morgan fingerprint density at radius 1 is 0.950 bits per heavy atom. The average molecular weight is 267 g/mol. The van der Waals surface area contributed by atoms with Crippen LogP contribution < -0.4 is 5.32 Å². The maximum absolute atomic E-state index is 12.2. The molecule has 2 aromatic carbocycles. The van der Waals surface area contributed by atoms with Crippen molar-refractivity contribution >= 4 is 5.91 Å². The van der Waals surface area contributed by atoms with Crippen LogP contribution in [-0.2, 0) is 17.8 Å². The third kappa shape index (κ3) is 4.23. The van der Waals surface area contributed by atoms with E-state index in [2.05, 4.69) is 24.4 Å². The second kappa shape index (κ2) is 7.49. The van der Waals surface area contributed by atoms with E-state index in [0.29, 0.717) is 6.54 Å². The summed E-state index contributed by atoms with van der Waals surface area (Å²) < 4.78 is 0. The van der Waals surface area contributed by atoms with E-state index >= 15 is 0 Å². The molecule has 1 N–H and O–H groups in total. The van der Waals surface area contributed by atoms with E-state index in [9.17, 15) is 4.79 Å². The number of amides is 1. The van der Waals surface area contributed by atoms with E-state index in [0.717, 1.165) is 18.4 Å². The van der Waals surface area contributed by atoms with Crippen LogP contribution in [0.3, 0.4) is 0 Å². The second-order valence-electron chi connectivity index (χ2n) is 5.00. The van der Waals surface area contributed by atoms with Gasteiger partial charge in [-0.15, -0.1) is 0 Å². The summed E-state index contributed by atoms with van der Waals surface area (Å²) in [7, 11) is 0. The smallest absolute Gasteiger partial charge is 0.223 e. The molecular weight excluding hydrogens is 246 g/mol. The maximum atomic E-state index is 12.2. The monoisotopic (exact) mass is 267 g/mol. The lowest BCUT2D eigenvalue weighted by molar-refractivity contribution is -0.125. The highest BCUT2D eigenvalue weighted by atomic mass is 16.1. The summed E-state index contributed by atoms with van der Waals surface area (Å²) in [6.07, 6.45) is 1.66. The Kier molecular flexibility index (Phi) is 5.36. The highest BCUT2D eigenvalue weighted by Gasteiger charge is 2.16. The van der Waals surface area contributed by atoms with Gasteiger partial charge in [0, 0.05) is 12.5 Å². The molecule has 0 heterocycles. The molecule has 0 aliphatic carbocycles. The minimum atomic E-state index is 0.0427. The SMILES string of the molecule is CC[C@H](Cc1ccccc1)C(=O)NCc1ccccc1. The van der Waals surface area contributed by atoms with Crippen molar-refractivity contribution in [3.8, 4) is 0 Å². The van der Waals surface area contributed by atoms with Gasteiger partial charge in [-0.2, -0.15) is 0 Å². The Bertz CT molecular complexity index is 522. The summed E-state index contributed by atoms with van der Waals surface area (Å²) in [4.78, 5) is 12.2. The molecule has 0 radical (unpaired) electrons. The molecule has 0 aliphatic heterocycles. The zero-order valence-corrected chi connectivity index (χ0v) is 11.9. The molecule has 0 aromatic heterocycles. The van der Waals surface area contributed by atoms with Crippen LogP contribution in [0.5, 0.6) is 0 Å². The van der Waals surface area contributed by atoms with Gasteiger partial charge in [0.1, 0.15) is 0 Å². The van der Waals surface area contributed by atoms with Crippen LogP contribution in [0.25, 0.3) is 0 Å². The number of carbonyl (C=O) groups excluding carboxylic acids is 1. The third-order valence-corrected chi connectivity index (χ3v) is 3.50. The Morgan fingerprint density at radius 3 is 2.05 bits per heavy atom. The van der Waals surface area contributed by atoms with Gasteiger partial charge in [-0.05, 0) is 24.0 Å². The van der Waals surface area contributed by atoms with E-state index in [4.69, 9.17) is 0 Å². The van der Waals surface area contributed by atoms with Crippen LogP contribution >= 0.6 is 0 Å². The number of rotatable bonds is 6. The van der Waals surface area contributed by atoms with E-state index in [1.165, 1.54) is 5.56 Å². The topological polar surface area (TPSA) is 29.1 Å². The van der Waals surface area contributed by atoms with Crippen molar-refractivity contribution in [3.05, 3.63) is 71.8 Å². The Hall–Kier alpha value is -2.09. The number of nitrogens with one attached hydrogen (secondary N) is 1. The molecular formula is C18H21NO. The van der Waals surface area contributed by atoms with Crippen molar-refractivity contribution in [1.29, 1.82) is 0 Å². The molecule has 2 aromatic rings. The van der Waals surface area contributed by atoms with Crippen LogP contribution in [0.15, 0.2) is 60.7 Å². The molecule has 0 aliphatic rings. The molecule has 20 heavy (non-hydrogen) atoms. The van der Waals surface area contributed by atoms with Crippen molar-refractivity contribution in [2.75, 3.05) is 0 Å². The van der Waals surface area contributed by atoms with Gasteiger partial charge in [0.25, 0.3) is 0 Å². The first-order valence-corrected chi connectivity index (χ1v) is 7.15. The zero-order valence-electron chi connectivity index (χ0n) is 11.9. The molecule has 2 rings (SSSR count). The average Bonchev–Trinajstić information content (AvgIpc) is 2.52. The highest BCUT2D eigenvalue weighted by molar-refractivity contribution is 5.78. The molecule has 1 atom stereocenters. The Morgan fingerprint density at radius 2 is 1.50 bits per heavy atom. The lowest BCUT2D eigenvalue weighted by atomic mass is 9.96. The summed E-state index contributed by atoms with van der Waals surface area (Å²) >= 11 is 0. The largest absolute Gasteiger partial charge is 0.352 e. The predicted octanol–water partition coefficient (Wildman–Crippen LogP) is 3.57. The molecule has 104 valence electrons. The van der Waals surface area contributed by atoms with Crippen molar-refractivity contribution in [2.24, 2.45) is 5.92 Å². The quantitative estimate of drug-likeness (QED) is 0.851. The lowest BCUT2D eigenvalue weighted by Crippen LogP contribution is -2.31. The van der Waals surface area contributed by atoms with Crippen molar-refractivity contribution in [3.63, 3.8) is 0 Å². The fourth-order valence-corrected chi connectivity index (χ4v) is 2.25. The summed E-state index contributed by atoms with van der Waals surface area (Å²) in [6, 6.07) is 20.2. The van der Waals surface area contributed by atoms with Gasteiger partial charge in [-0.25, -0.2) is 0 Å². The first-order chi connectivity index (χ1) is 9.79. The van der Waals surface area contributed by atoms with Gasteiger partial charge in [-0.3, -0.25) is 4.79 Å². The molecule has 1 amide bonds. The maximum Gasteiger partial charge on any atom is 0.223 e. The number of benzene rings is 2. The van der Waals surface area contributed by atoms with E-state index in [1.807, 2.05) is 48.5 Å². The van der Waals surface area contributed by atoms with E-state index < -0.39 is 0 Å². The fourth-order valence-electron chi connectivity index (χ4n) is 2.25. The van der Waals surface area contributed by atoms with Crippen molar-refractivity contribution in [2.45, 2.75) is 26.3 Å². The minimum Gasteiger partial charge on any atom is -0.352 e. The normalized spacial score (nSPS) is 11.8. The van der Waals surface area contributed by atoms with Crippen molar-refractivity contribution < 1.29 is 4.79 Å². The van der Waals surface area contributed by atoms with Crippen LogP contribution in [0.4, 0.5) is 0 Å². The zero-order chi connectivity index (χ0) is 14.2. The molecule has 2 heteroatoms. The lowest BCUT2D eigenvalue weighted by Gasteiger charge is -2.15. The van der Waals surface area contributed by atoms with Gasteiger partial charge < -0.3 is 5.32 Å². The number of hydrogen-bond acceptors (Lipinski definition) is 1. The van der Waals surface area contributed by atoms with Gasteiger partial charge in [-0.1, -0.05) is 67.6 Å². The van der Waals surface area contributed by atoms with Crippen LogP contribution in [0.2, 0.25) is 0 Å². The minimum absolute atomic E-state index is 0.0427. The van der Waals surface area contributed by atoms with E-state index in [1.54, 1.807) is 0 Å². The molecule has 0 fully saturated rings. The van der Waals surface area contributed by atoms with Gasteiger partial charge >= 0.3 is 0 Å². The second-order valence-corrected chi connectivity index (χ2v) is 5.00. The molecule has 0 spiro atoms. The number of carbonyl (C=O) groups is 1. The van der Waals surface area contributed by atoms with Crippen molar-refractivity contribution in [1.82, 2.24) is 5.32 Å². The molecule has 0 saturated carbocycles. The van der Waals surface area contributed by atoms with Gasteiger partial charge in [0.2, 0.25) is 5.91 Å². The number of hydrogen-bond donors (Lipinski definition) is 1. The standard InChI is InChI=1S/C18H21NO/c1-2-17(13-15-9-5-3-6-10-15)18(20)19-14-16-11-7-4-8-12-16/h3-12,17H,2,13-14H2,1H3,(H,19,20)/t17-/m1/s1. The first kappa shape index (κ1) is 14.3. The summed E-state index contributed by atoms with van der Waals surface area (Å²) in [6.45, 7) is 2.67. The van der Waals surface area contributed by atoms with Gasteiger partial charge in [0.05, 0.1) is 0 Å². The first-order valence-electron chi connectivity index (χ1n) is 7.15. The molecule has 0 saturated heterocycles. The highest BCUT2D eigenvalue weighted by Crippen LogP contribution is 2.12. The summed E-state index contributed by atoms with van der Waals surface area (Å²) in [5.41, 5.74) is 2.35. The molecule has 0 unspecified atom stereocenters. The summed E-state index contributed by atoms with van der Waals surface area (Å²) in [5.74, 6) is 0.182. The molecule has 0 bridgehead atoms. The fraction of sp³-hybridized carbons (Fsp3) is 0.278. The molecule has 2 nitrogen and oxygen atoms in total.